The fourth-order valence-corrected chi connectivity index (χ4v) is 2.41. The molecular weight excluding hydrogens is 238 g/mol. The maximum absolute atomic E-state index is 11.3. The first-order valence-corrected chi connectivity index (χ1v) is 6.49. The van der Waals surface area contributed by atoms with Crippen molar-refractivity contribution in [1.29, 1.82) is 0 Å². The van der Waals surface area contributed by atoms with Gasteiger partial charge in [0.25, 0.3) is 0 Å². The van der Waals surface area contributed by atoms with E-state index < -0.39 is 10.0 Å². The van der Waals surface area contributed by atoms with Crippen molar-refractivity contribution in [2.45, 2.75) is 6.92 Å². The molecule has 0 saturated carbocycles. The van der Waals surface area contributed by atoms with Crippen molar-refractivity contribution in [2.75, 3.05) is 16.4 Å². The van der Waals surface area contributed by atoms with E-state index in [1.54, 1.807) is 19.1 Å². The number of nitrogens with one attached hydrogen (secondary N) is 1. The fraction of sp³-hybridized carbons (Fsp3) is 0.333. The average Bonchev–Trinajstić information content (AvgIpc) is 2.10. The highest BCUT2D eigenvalue weighted by Gasteiger charge is 2.09. The zero-order chi connectivity index (χ0) is 11.5. The Kier molecular flexibility index (Phi) is 3.82. The predicted molar refractivity (Wildman–Crippen MR) is 61.0 cm³/mol. The summed E-state index contributed by atoms with van der Waals surface area (Å²) in [5.41, 5.74) is 1.03. The summed E-state index contributed by atoms with van der Waals surface area (Å²) in [7, 11) is -3.41. The van der Waals surface area contributed by atoms with E-state index in [0.717, 1.165) is 0 Å². The fourth-order valence-electron chi connectivity index (χ4n) is 1.01. The molecule has 1 aromatic carbocycles. The summed E-state index contributed by atoms with van der Waals surface area (Å²) < 4.78 is 25.0. The third-order valence-electron chi connectivity index (χ3n) is 1.83. The second kappa shape index (κ2) is 4.72. The van der Waals surface area contributed by atoms with Gasteiger partial charge in [0.2, 0.25) is 10.0 Å². The molecule has 0 aromatic heterocycles. The lowest BCUT2D eigenvalue weighted by molar-refractivity contribution is 0.471. The molecule has 4 nitrogen and oxygen atoms in total. The highest BCUT2D eigenvalue weighted by Crippen LogP contribution is 2.21. The summed E-state index contributed by atoms with van der Waals surface area (Å²) in [6.45, 7) is 1.73. The Bertz CT molecular complexity index is 445. The van der Waals surface area contributed by atoms with Crippen molar-refractivity contribution in [3.8, 4) is 5.75 Å². The molecule has 6 heteroatoms. The van der Waals surface area contributed by atoms with Gasteiger partial charge in [-0.05, 0) is 18.6 Å². The molecule has 0 aliphatic carbocycles. The topological polar surface area (TPSA) is 66.4 Å². The number of hydrogen-bond donors (Lipinski definition) is 2. The van der Waals surface area contributed by atoms with Crippen LogP contribution in [-0.2, 0) is 10.0 Å². The van der Waals surface area contributed by atoms with Crippen LogP contribution >= 0.6 is 11.6 Å². The number of phenols is 1. The van der Waals surface area contributed by atoms with E-state index in [0.29, 0.717) is 11.3 Å². The molecule has 0 aliphatic heterocycles. The zero-order valence-electron chi connectivity index (χ0n) is 8.20. The Morgan fingerprint density at radius 2 is 2.13 bits per heavy atom. The summed E-state index contributed by atoms with van der Waals surface area (Å²) in [5.74, 6) is -0.0582. The molecule has 15 heavy (non-hydrogen) atoms. The monoisotopic (exact) mass is 249 g/mol. The van der Waals surface area contributed by atoms with Crippen LogP contribution in [0.25, 0.3) is 0 Å². The van der Waals surface area contributed by atoms with Crippen molar-refractivity contribution < 1.29 is 13.5 Å². The summed E-state index contributed by atoms with van der Waals surface area (Å²) in [6.07, 6.45) is 0. The third-order valence-corrected chi connectivity index (χ3v) is 3.53. The number of hydrogen-bond acceptors (Lipinski definition) is 3. The van der Waals surface area contributed by atoms with Gasteiger partial charge in [0.05, 0.1) is 11.4 Å². The molecule has 0 amide bonds. The largest absolute Gasteiger partial charge is 0.508 e. The molecule has 1 rings (SSSR count). The Labute approximate surface area is 93.9 Å². The first-order chi connectivity index (χ1) is 6.94. The summed E-state index contributed by atoms with van der Waals surface area (Å²) in [4.78, 5) is 0. The van der Waals surface area contributed by atoms with E-state index in [4.69, 9.17) is 11.6 Å². The first kappa shape index (κ1) is 12.1. The Hall–Kier alpha value is -0.940. The molecule has 0 spiro atoms. The van der Waals surface area contributed by atoms with Gasteiger partial charge in [-0.2, -0.15) is 0 Å². The first-order valence-electron chi connectivity index (χ1n) is 4.31. The number of alkyl halides is 1. The third kappa shape index (κ3) is 3.60. The lowest BCUT2D eigenvalue weighted by atomic mass is 10.2. The van der Waals surface area contributed by atoms with Crippen molar-refractivity contribution in [3.63, 3.8) is 0 Å². The molecule has 0 atom stereocenters. The minimum atomic E-state index is -3.41. The van der Waals surface area contributed by atoms with E-state index in [1.807, 2.05) is 0 Å². The number of benzene rings is 1. The summed E-state index contributed by atoms with van der Waals surface area (Å²) in [6, 6.07) is 4.58. The maximum atomic E-state index is 11.3. The highest BCUT2D eigenvalue weighted by atomic mass is 35.5. The van der Waals surface area contributed by atoms with Crippen LogP contribution in [0.15, 0.2) is 18.2 Å². The van der Waals surface area contributed by atoms with Crippen LogP contribution in [0.1, 0.15) is 5.56 Å². The standard InChI is InChI=1S/C9H12ClNO3S/c1-7-2-3-8(6-9(7)12)11-15(13,14)5-4-10/h2-3,6,11-12H,4-5H2,1H3. The molecule has 0 radical (unpaired) electrons. The van der Waals surface area contributed by atoms with E-state index in [9.17, 15) is 13.5 Å². The van der Waals surface area contributed by atoms with Gasteiger partial charge in [-0.15, -0.1) is 11.6 Å². The van der Waals surface area contributed by atoms with Gasteiger partial charge in [0.1, 0.15) is 5.75 Å². The van der Waals surface area contributed by atoms with Gasteiger partial charge < -0.3 is 5.11 Å². The van der Waals surface area contributed by atoms with Gasteiger partial charge in [-0.3, -0.25) is 4.72 Å². The van der Waals surface area contributed by atoms with Crippen LogP contribution in [0.3, 0.4) is 0 Å². The number of halogens is 1. The Balaban J connectivity index is 2.86. The molecule has 0 bridgehead atoms. The number of sulfonamides is 1. The molecule has 1 aromatic rings. The quantitative estimate of drug-likeness (QED) is 0.798. The number of anilines is 1. The van der Waals surface area contributed by atoms with E-state index in [1.165, 1.54) is 6.07 Å². The summed E-state index contributed by atoms with van der Waals surface area (Å²) in [5, 5.41) is 9.37. The van der Waals surface area contributed by atoms with E-state index >= 15 is 0 Å². The molecule has 2 N–H and O–H groups in total. The molecule has 0 aliphatic rings. The van der Waals surface area contributed by atoms with Crippen molar-refractivity contribution in [3.05, 3.63) is 23.8 Å². The van der Waals surface area contributed by atoms with Gasteiger partial charge in [0, 0.05) is 11.9 Å². The van der Waals surface area contributed by atoms with Crippen LogP contribution in [0.4, 0.5) is 5.69 Å². The number of rotatable bonds is 4. The van der Waals surface area contributed by atoms with Gasteiger partial charge in [0.15, 0.2) is 0 Å². The minimum absolute atomic E-state index is 0.0349. The van der Waals surface area contributed by atoms with Crippen molar-refractivity contribution in [2.24, 2.45) is 0 Å². The molecule has 0 saturated heterocycles. The highest BCUT2D eigenvalue weighted by molar-refractivity contribution is 7.92. The van der Waals surface area contributed by atoms with Crippen molar-refractivity contribution in [1.82, 2.24) is 0 Å². The van der Waals surface area contributed by atoms with Crippen molar-refractivity contribution >= 4 is 27.3 Å². The molecule has 84 valence electrons. The molecular formula is C9H12ClNO3S. The zero-order valence-corrected chi connectivity index (χ0v) is 9.77. The number of phenolic OH excluding ortho intramolecular Hbond substituents is 1. The van der Waals surface area contributed by atoms with Crippen LogP contribution in [0.5, 0.6) is 5.75 Å². The molecule has 0 heterocycles. The van der Waals surface area contributed by atoms with Crippen LogP contribution in [-0.4, -0.2) is 25.2 Å². The van der Waals surface area contributed by atoms with Crippen LogP contribution in [0, 0.1) is 6.92 Å². The average molecular weight is 250 g/mol. The van der Waals surface area contributed by atoms with Crippen LogP contribution < -0.4 is 4.72 Å². The van der Waals surface area contributed by atoms with Gasteiger partial charge in [-0.25, -0.2) is 8.42 Å². The number of aromatic hydroxyl groups is 1. The van der Waals surface area contributed by atoms with E-state index in [2.05, 4.69) is 4.72 Å². The molecule has 0 fully saturated rings. The lowest BCUT2D eigenvalue weighted by Crippen LogP contribution is -2.17. The Morgan fingerprint density at radius 3 is 2.67 bits per heavy atom. The number of aryl methyl sites for hydroxylation is 1. The van der Waals surface area contributed by atoms with Gasteiger partial charge >= 0.3 is 0 Å². The van der Waals surface area contributed by atoms with Gasteiger partial charge in [-0.1, -0.05) is 6.07 Å². The smallest absolute Gasteiger partial charge is 0.233 e. The SMILES string of the molecule is Cc1ccc(NS(=O)(=O)CCCl)cc1O. The maximum Gasteiger partial charge on any atom is 0.233 e. The normalized spacial score (nSPS) is 11.3. The second-order valence-electron chi connectivity index (χ2n) is 3.11. The lowest BCUT2D eigenvalue weighted by Gasteiger charge is -2.07. The minimum Gasteiger partial charge on any atom is -0.508 e. The molecule has 0 unspecified atom stereocenters. The predicted octanol–water partition coefficient (Wildman–Crippen LogP) is 1.68. The summed E-state index contributed by atoms with van der Waals surface area (Å²) >= 11 is 5.34. The van der Waals surface area contributed by atoms with Crippen LogP contribution in [0.2, 0.25) is 0 Å². The Morgan fingerprint density at radius 1 is 1.47 bits per heavy atom. The van der Waals surface area contributed by atoms with E-state index in [-0.39, 0.29) is 17.4 Å². The second-order valence-corrected chi connectivity index (χ2v) is 5.33.